The number of aromatic amines is 1. The first-order valence-corrected chi connectivity index (χ1v) is 7.78. The molecule has 9 heteroatoms. The lowest BCUT2D eigenvalue weighted by Gasteiger charge is -2.14. The van der Waals surface area contributed by atoms with E-state index in [1.807, 2.05) is 6.92 Å². The smallest absolute Gasteiger partial charge is 0.405 e. The Morgan fingerprint density at radius 2 is 2.12 bits per heavy atom. The molecule has 0 spiro atoms. The molecule has 0 bridgehead atoms. The summed E-state index contributed by atoms with van der Waals surface area (Å²) in [6.07, 6.45) is 0.300. The van der Waals surface area contributed by atoms with Crippen molar-refractivity contribution in [2.45, 2.75) is 32.2 Å². The molecule has 0 aliphatic carbocycles. The lowest BCUT2D eigenvalue weighted by molar-refractivity contribution is -0.136. The van der Waals surface area contributed by atoms with Gasteiger partial charge in [0.05, 0.1) is 5.52 Å². The second-order valence-corrected chi connectivity index (χ2v) is 5.66. The zero-order valence-electron chi connectivity index (χ0n) is 12.9. The van der Waals surface area contributed by atoms with E-state index in [9.17, 15) is 14.4 Å². The van der Waals surface area contributed by atoms with Crippen molar-refractivity contribution in [1.82, 2.24) is 15.5 Å². The maximum Gasteiger partial charge on any atom is 0.405 e. The van der Waals surface area contributed by atoms with E-state index in [1.54, 1.807) is 18.2 Å². The summed E-state index contributed by atoms with van der Waals surface area (Å²) >= 11 is 5.87. The van der Waals surface area contributed by atoms with Crippen molar-refractivity contribution in [3.05, 3.63) is 23.2 Å². The number of aromatic nitrogens is 2. The van der Waals surface area contributed by atoms with Crippen LogP contribution in [0.5, 0.6) is 0 Å². The topological polar surface area (TPSA) is 124 Å². The first-order valence-electron chi connectivity index (χ1n) is 7.40. The quantitative estimate of drug-likeness (QED) is 0.570. The Kier molecular flexibility index (Phi) is 5.75. The van der Waals surface area contributed by atoms with E-state index in [1.165, 1.54) is 0 Å². The standard InChI is InChI=1S/C15H17ClN4O4/c1-2-3-4-10(17-15(23)24)12(21)14(22)18-13-9-6-5-8(16)7-11(9)19-20-13/h5-7,10,17H,2-4H2,1H3,(H,23,24)(H2,18,19,20,22)/t10-/m0/s1. The number of hydrogen-bond acceptors (Lipinski definition) is 4. The minimum absolute atomic E-state index is 0.185. The molecule has 0 unspecified atom stereocenters. The number of unbranched alkanes of at least 4 members (excludes halogenated alkanes) is 1. The molecule has 0 fully saturated rings. The highest BCUT2D eigenvalue weighted by Gasteiger charge is 2.27. The van der Waals surface area contributed by atoms with Crippen LogP contribution in [0, 0.1) is 0 Å². The van der Waals surface area contributed by atoms with Crippen molar-refractivity contribution in [2.75, 3.05) is 5.32 Å². The van der Waals surface area contributed by atoms with Gasteiger partial charge in [-0.25, -0.2) is 4.79 Å². The van der Waals surface area contributed by atoms with Crippen molar-refractivity contribution >= 4 is 46.1 Å². The number of nitrogens with zero attached hydrogens (tertiary/aromatic N) is 1. The van der Waals surface area contributed by atoms with Gasteiger partial charge in [-0.05, 0) is 24.6 Å². The number of fused-ring (bicyclic) bond motifs is 1. The van der Waals surface area contributed by atoms with Crippen LogP contribution in [0.2, 0.25) is 5.02 Å². The molecular weight excluding hydrogens is 336 g/mol. The second kappa shape index (κ2) is 7.78. The van der Waals surface area contributed by atoms with Gasteiger partial charge in [0.25, 0.3) is 5.91 Å². The van der Waals surface area contributed by atoms with Gasteiger partial charge < -0.3 is 15.7 Å². The number of carbonyl (C=O) groups excluding carboxylic acids is 2. The summed E-state index contributed by atoms with van der Waals surface area (Å²) in [4.78, 5) is 35.1. The highest BCUT2D eigenvalue weighted by molar-refractivity contribution is 6.43. The van der Waals surface area contributed by atoms with Gasteiger partial charge in [0, 0.05) is 10.4 Å². The molecule has 1 atom stereocenters. The molecule has 0 saturated heterocycles. The van der Waals surface area contributed by atoms with E-state index in [0.717, 1.165) is 6.42 Å². The third-order valence-corrected chi connectivity index (χ3v) is 3.68. The Morgan fingerprint density at radius 1 is 1.38 bits per heavy atom. The molecule has 0 saturated carbocycles. The summed E-state index contributed by atoms with van der Waals surface area (Å²) in [5, 5.41) is 21.0. The van der Waals surface area contributed by atoms with Gasteiger partial charge in [-0.1, -0.05) is 31.4 Å². The number of hydrogen-bond donors (Lipinski definition) is 4. The Balaban J connectivity index is 2.13. The van der Waals surface area contributed by atoms with E-state index in [-0.39, 0.29) is 12.2 Å². The van der Waals surface area contributed by atoms with Crippen molar-refractivity contribution < 1.29 is 19.5 Å². The SMILES string of the molecule is CCCC[C@H](NC(=O)O)C(=O)C(=O)Nc1n[nH]c2cc(Cl)ccc12. The average molecular weight is 353 g/mol. The van der Waals surface area contributed by atoms with Crippen LogP contribution in [0.15, 0.2) is 18.2 Å². The van der Waals surface area contributed by atoms with Crippen LogP contribution < -0.4 is 10.6 Å². The van der Waals surface area contributed by atoms with Gasteiger partial charge in [-0.3, -0.25) is 14.7 Å². The molecule has 1 aromatic heterocycles. The van der Waals surface area contributed by atoms with E-state index in [0.29, 0.717) is 22.3 Å². The van der Waals surface area contributed by atoms with Crippen molar-refractivity contribution in [3.8, 4) is 0 Å². The van der Waals surface area contributed by atoms with Crippen LogP contribution in [0.3, 0.4) is 0 Å². The molecule has 2 amide bonds. The normalized spacial score (nSPS) is 11.9. The van der Waals surface area contributed by atoms with E-state index >= 15 is 0 Å². The highest BCUT2D eigenvalue weighted by Crippen LogP contribution is 2.23. The van der Waals surface area contributed by atoms with Crippen molar-refractivity contribution in [2.24, 2.45) is 0 Å². The maximum atomic E-state index is 12.2. The molecule has 2 rings (SSSR count). The number of rotatable bonds is 7. The minimum Gasteiger partial charge on any atom is -0.465 e. The first-order chi connectivity index (χ1) is 11.4. The molecule has 8 nitrogen and oxygen atoms in total. The van der Waals surface area contributed by atoms with Crippen LogP contribution in [0.4, 0.5) is 10.6 Å². The fraction of sp³-hybridized carbons (Fsp3) is 0.333. The van der Waals surface area contributed by atoms with Gasteiger partial charge in [-0.2, -0.15) is 5.10 Å². The lowest BCUT2D eigenvalue weighted by atomic mass is 10.1. The van der Waals surface area contributed by atoms with Gasteiger partial charge in [0.1, 0.15) is 6.04 Å². The Bertz CT molecular complexity index is 774. The fourth-order valence-corrected chi connectivity index (χ4v) is 2.41. The van der Waals surface area contributed by atoms with Crippen LogP contribution >= 0.6 is 11.6 Å². The Labute approximate surface area is 142 Å². The van der Waals surface area contributed by atoms with E-state index in [2.05, 4.69) is 20.8 Å². The van der Waals surface area contributed by atoms with Gasteiger partial charge in [-0.15, -0.1) is 0 Å². The fourth-order valence-electron chi connectivity index (χ4n) is 2.24. The Hall–Kier alpha value is -2.61. The monoisotopic (exact) mass is 352 g/mol. The van der Waals surface area contributed by atoms with Gasteiger partial charge in [0.2, 0.25) is 5.78 Å². The molecule has 1 aromatic carbocycles. The molecule has 1 heterocycles. The van der Waals surface area contributed by atoms with E-state index < -0.39 is 23.8 Å². The minimum atomic E-state index is -1.35. The third kappa shape index (κ3) is 4.23. The van der Waals surface area contributed by atoms with Crippen molar-refractivity contribution in [3.63, 3.8) is 0 Å². The summed E-state index contributed by atoms with van der Waals surface area (Å²) in [7, 11) is 0. The summed E-state index contributed by atoms with van der Waals surface area (Å²) in [5.41, 5.74) is 0.608. The summed E-state index contributed by atoms with van der Waals surface area (Å²) in [6, 6.07) is 3.84. The molecule has 0 aliphatic rings. The molecule has 24 heavy (non-hydrogen) atoms. The third-order valence-electron chi connectivity index (χ3n) is 3.44. The number of nitrogens with one attached hydrogen (secondary N) is 3. The number of amides is 2. The summed E-state index contributed by atoms with van der Waals surface area (Å²) in [5.74, 6) is -1.59. The highest BCUT2D eigenvalue weighted by atomic mass is 35.5. The number of anilines is 1. The van der Waals surface area contributed by atoms with Gasteiger partial charge in [0.15, 0.2) is 5.82 Å². The predicted octanol–water partition coefficient (Wildman–Crippen LogP) is 2.55. The van der Waals surface area contributed by atoms with E-state index in [4.69, 9.17) is 16.7 Å². The molecule has 0 aliphatic heterocycles. The number of benzene rings is 1. The number of carbonyl (C=O) groups is 3. The predicted molar refractivity (Wildman–Crippen MR) is 89.2 cm³/mol. The zero-order valence-corrected chi connectivity index (χ0v) is 13.7. The molecule has 0 radical (unpaired) electrons. The maximum absolute atomic E-state index is 12.2. The average Bonchev–Trinajstić information content (AvgIpc) is 2.92. The van der Waals surface area contributed by atoms with Crippen LogP contribution in [0.25, 0.3) is 10.9 Å². The van der Waals surface area contributed by atoms with Crippen LogP contribution in [-0.4, -0.2) is 39.1 Å². The second-order valence-electron chi connectivity index (χ2n) is 5.22. The Morgan fingerprint density at radius 3 is 2.79 bits per heavy atom. The number of H-pyrrole nitrogens is 1. The number of halogens is 1. The molecule has 2 aromatic rings. The molecule has 4 N–H and O–H groups in total. The van der Waals surface area contributed by atoms with Gasteiger partial charge >= 0.3 is 6.09 Å². The number of carboxylic acid groups (broad SMARTS) is 1. The zero-order chi connectivity index (χ0) is 17.7. The molecule has 128 valence electrons. The first kappa shape index (κ1) is 17.7. The number of ketones is 1. The number of Topliss-reactive ketones (excluding diaryl/α,β-unsaturated/α-hetero) is 1. The van der Waals surface area contributed by atoms with Crippen molar-refractivity contribution in [1.29, 1.82) is 0 Å². The molecular formula is C15H17ClN4O4. The lowest BCUT2D eigenvalue weighted by Crippen LogP contribution is -2.45. The largest absolute Gasteiger partial charge is 0.465 e. The summed E-state index contributed by atoms with van der Waals surface area (Å²) < 4.78 is 0. The van der Waals surface area contributed by atoms with Crippen LogP contribution in [-0.2, 0) is 9.59 Å². The van der Waals surface area contributed by atoms with Crippen LogP contribution in [0.1, 0.15) is 26.2 Å². The summed E-state index contributed by atoms with van der Waals surface area (Å²) in [6.45, 7) is 1.91.